The molecule has 1 aliphatic rings. The fourth-order valence-electron chi connectivity index (χ4n) is 5.45. The Balaban J connectivity index is 0.0000133. The maximum Gasteiger partial charge on any atom is 0.331 e. The van der Waals surface area contributed by atoms with Crippen LogP contribution < -0.4 is 5.73 Å². The molecule has 1 rings (SSSR count). The van der Waals surface area contributed by atoms with Crippen LogP contribution in [0.5, 0.6) is 0 Å². The minimum Gasteiger partial charge on any atom is -0.478 e. The van der Waals surface area contributed by atoms with E-state index in [-0.39, 0.29) is 17.4 Å². The van der Waals surface area contributed by atoms with Gasteiger partial charge in [0.25, 0.3) is 0 Å². The van der Waals surface area contributed by atoms with Gasteiger partial charge in [0, 0.05) is 25.1 Å². The van der Waals surface area contributed by atoms with Gasteiger partial charge in [0.1, 0.15) is 24.4 Å². The third-order valence-electron chi connectivity index (χ3n) is 8.64. The molecule has 11 heteroatoms. The van der Waals surface area contributed by atoms with Crippen molar-refractivity contribution < 1.29 is 39.8 Å². The fourth-order valence-corrected chi connectivity index (χ4v) is 5.45. The van der Waals surface area contributed by atoms with Gasteiger partial charge in [0.2, 0.25) is 0 Å². The first-order valence-electron chi connectivity index (χ1n) is 18.6. The minimum atomic E-state index is -1.53. The second-order valence-electron chi connectivity index (χ2n) is 13.5. The first-order chi connectivity index (χ1) is 25.3. The van der Waals surface area contributed by atoms with Gasteiger partial charge in [-0.1, -0.05) is 106 Å². The maximum absolute atomic E-state index is 10.9. The topological polar surface area (TPSA) is 190 Å². The molecule has 0 amide bonds. The van der Waals surface area contributed by atoms with Crippen molar-refractivity contribution >= 4 is 12.3 Å². The van der Waals surface area contributed by atoms with Crippen molar-refractivity contribution in [3.63, 3.8) is 0 Å². The number of carboxylic acid groups (broad SMARTS) is 1. The zero-order valence-electron chi connectivity index (χ0n) is 33.0. The number of aliphatic hydroxyl groups is 4. The van der Waals surface area contributed by atoms with E-state index in [0.29, 0.717) is 5.92 Å². The van der Waals surface area contributed by atoms with Crippen LogP contribution in [0.3, 0.4) is 0 Å². The third-order valence-corrected chi connectivity index (χ3v) is 8.64. The Morgan fingerprint density at radius 1 is 0.868 bits per heavy atom. The second kappa shape index (κ2) is 30.0. The van der Waals surface area contributed by atoms with Crippen molar-refractivity contribution in [2.45, 2.75) is 110 Å². The smallest absolute Gasteiger partial charge is 0.331 e. The van der Waals surface area contributed by atoms with Gasteiger partial charge < -0.3 is 45.6 Å². The highest BCUT2D eigenvalue weighted by atomic mass is 16.7. The summed E-state index contributed by atoms with van der Waals surface area (Å²) in [5.41, 5.74) is 5.69. The lowest BCUT2D eigenvalue weighted by Gasteiger charge is -2.41. The lowest BCUT2D eigenvalue weighted by molar-refractivity contribution is -0.310. The number of ether oxygens (including phenoxy) is 2. The average Bonchev–Trinajstić information content (AvgIpc) is 3.14. The summed E-state index contributed by atoms with van der Waals surface area (Å²) in [7, 11) is 3.41. The summed E-state index contributed by atoms with van der Waals surface area (Å²) < 4.78 is 12.0. The fraction of sp³-hybridized carbons (Fsp3) is 0.571. The second-order valence-corrected chi connectivity index (χ2v) is 13.5. The number of rotatable bonds is 24. The van der Waals surface area contributed by atoms with Crippen molar-refractivity contribution in [3.05, 3.63) is 96.2 Å². The van der Waals surface area contributed by atoms with E-state index < -0.39 is 49.4 Å². The molecule has 0 bridgehead atoms. The Kier molecular flexibility index (Phi) is 28.0. The summed E-state index contributed by atoms with van der Waals surface area (Å²) in [4.78, 5) is 12.7. The van der Waals surface area contributed by atoms with Crippen LogP contribution in [0.2, 0.25) is 0 Å². The van der Waals surface area contributed by atoms with Crippen LogP contribution in [0.4, 0.5) is 0 Å². The number of nitrogens with zero attached hydrogens (tertiary/aromatic N) is 1. The Labute approximate surface area is 318 Å². The molecule has 53 heavy (non-hydrogen) atoms. The molecule has 0 aromatic carbocycles. The summed E-state index contributed by atoms with van der Waals surface area (Å²) in [6.45, 7) is 10.2. The van der Waals surface area contributed by atoms with Crippen molar-refractivity contribution in [1.29, 1.82) is 5.41 Å². The molecule has 11 nitrogen and oxygen atoms in total. The number of unbranched alkanes of at least 4 members (excludes halogenated alkanes) is 2. The Hall–Kier alpha value is -3.42. The summed E-state index contributed by atoms with van der Waals surface area (Å²) >= 11 is 0. The van der Waals surface area contributed by atoms with Crippen molar-refractivity contribution in [2.24, 2.45) is 23.5 Å². The van der Waals surface area contributed by atoms with Crippen molar-refractivity contribution in [1.82, 2.24) is 4.90 Å². The van der Waals surface area contributed by atoms with E-state index in [0.717, 1.165) is 50.6 Å². The molecule has 0 aromatic rings. The van der Waals surface area contributed by atoms with Crippen molar-refractivity contribution in [3.8, 4) is 0 Å². The number of aliphatic carboxylic acids is 1. The molecular formula is C42H69N3O8. The summed E-state index contributed by atoms with van der Waals surface area (Å²) in [5, 5.41) is 57.0. The van der Waals surface area contributed by atoms with E-state index in [1.807, 2.05) is 56.2 Å². The molecule has 0 radical (unpaired) electrons. The van der Waals surface area contributed by atoms with E-state index in [1.54, 1.807) is 18.2 Å². The molecule has 1 aliphatic heterocycles. The molecule has 0 spiro atoms. The van der Waals surface area contributed by atoms with Crippen LogP contribution in [0.1, 0.15) is 73.1 Å². The summed E-state index contributed by atoms with van der Waals surface area (Å²) in [5.74, 6) is -0.393. The molecular weight excluding hydrogens is 674 g/mol. The SMILES string of the molecule is CN.C\C(=C/C=C/C=C/C=C/C=C/C(C)C(OC1OC(CO)C(O)C(O)C1O)/C(C)=C/C(C)CCC/C=C/C(C)C/C=C/CCCN(C)C=N)C(=O)O. The summed E-state index contributed by atoms with van der Waals surface area (Å²) in [6.07, 6.45) is 27.4. The van der Waals surface area contributed by atoms with Gasteiger partial charge in [-0.15, -0.1) is 0 Å². The quantitative estimate of drug-likeness (QED) is 0.0158. The van der Waals surface area contributed by atoms with Gasteiger partial charge in [-0.2, -0.15) is 0 Å². The van der Waals surface area contributed by atoms with Crippen LogP contribution in [-0.4, -0.2) is 107 Å². The molecule has 9 unspecified atom stereocenters. The predicted molar refractivity (Wildman–Crippen MR) is 215 cm³/mol. The largest absolute Gasteiger partial charge is 0.478 e. The highest BCUT2D eigenvalue weighted by molar-refractivity contribution is 5.86. The Morgan fingerprint density at radius 3 is 2.11 bits per heavy atom. The normalized spacial score (nSPS) is 24.0. The molecule has 8 N–H and O–H groups in total. The van der Waals surface area contributed by atoms with Gasteiger partial charge >= 0.3 is 5.97 Å². The molecule has 300 valence electrons. The van der Waals surface area contributed by atoms with E-state index in [2.05, 4.69) is 50.0 Å². The number of carbonyl (C=O) groups is 1. The third kappa shape index (κ3) is 21.8. The lowest BCUT2D eigenvalue weighted by Crippen LogP contribution is -2.60. The van der Waals surface area contributed by atoms with Gasteiger partial charge in [-0.05, 0) is 76.8 Å². The average molecular weight is 744 g/mol. The standard InChI is InChI=1S/C41H64N2O8.CH5N/c1-30(21-15-12-13-20-26-43(6)29-42)22-16-14-17-23-31(2)27-34(5)39(51-41-38(47)37(46)36(45)35(28-44)50-41)32(3)24-18-10-8-7-9-11-19-25-33(4)40(48)49;1-2/h7-12,15-16,18-19,22,24-25,27,29-32,35-39,41-42,44-47H,13-14,17,20-21,23,26,28H2,1-6H3,(H,48,49);2H2,1H3/b9-7+,10-8+,15-12+,19-11+,22-16+,24-18+,33-25+,34-27+,42-29?;. The van der Waals surface area contributed by atoms with Crippen LogP contribution in [0, 0.1) is 23.2 Å². The van der Waals surface area contributed by atoms with Crippen LogP contribution >= 0.6 is 0 Å². The van der Waals surface area contributed by atoms with Gasteiger partial charge in [-0.3, -0.25) is 5.41 Å². The van der Waals surface area contributed by atoms with Gasteiger partial charge in [0.05, 0.1) is 19.0 Å². The molecule has 0 saturated carbocycles. The zero-order chi connectivity index (χ0) is 40.2. The van der Waals surface area contributed by atoms with Gasteiger partial charge in [-0.25, -0.2) is 4.79 Å². The number of carboxylic acids is 1. The van der Waals surface area contributed by atoms with Crippen LogP contribution in [-0.2, 0) is 14.3 Å². The van der Waals surface area contributed by atoms with Crippen LogP contribution in [0.25, 0.3) is 0 Å². The first kappa shape index (κ1) is 49.6. The maximum atomic E-state index is 10.9. The number of allylic oxidation sites excluding steroid dienone is 13. The van der Waals surface area contributed by atoms with E-state index in [9.17, 15) is 25.2 Å². The first-order valence-corrected chi connectivity index (χ1v) is 18.6. The van der Waals surface area contributed by atoms with E-state index >= 15 is 0 Å². The van der Waals surface area contributed by atoms with Crippen LogP contribution in [0.15, 0.2) is 96.2 Å². The molecule has 0 aliphatic carbocycles. The molecule has 1 fully saturated rings. The molecule has 1 heterocycles. The monoisotopic (exact) mass is 744 g/mol. The lowest BCUT2D eigenvalue weighted by atomic mass is 9.92. The number of hydrogen-bond donors (Lipinski definition) is 7. The van der Waals surface area contributed by atoms with E-state index in [1.165, 1.54) is 26.4 Å². The minimum absolute atomic E-state index is 0.167. The molecule has 0 aromatic heterocycles. The molecule has 1 saturated heterocycles. The number of hydrogen-bond acceptors (Lipinski definition) is 9. The summed E-state index contributed by atoms with van der Waals surface area (Å²) in [6, 6.07) is 0. The number of aliphatic hydroxyl groups excluding tert-OH is 4. The Bertz CT molecular complexity index is 1250. The van der Waals surface area contributed by atoms with Crippen molar-refractivity contribution in [2.75, 3.05) is 27.2 Å². The highest BCUT2D eigenvalue weighted by Gasteiger charge is 2.45. The van der Waals surface area contributed by atoms with E-state index in [4.69, 9.17) is 20.0 Å². The molecule has 9 atom stereocenters. The Morgan fingerprint density at radius 2 is 1.49 bits per heavy atom. The highest BCUT2D eigenvalue weighted by Crippen LogP contribution is 2.28. The predicted octanol–water partition coefficient (Wildman–Crippen LogP) is 5.85. The zero-order valence-corrected chi connectivity index (χ0v) is 33.0. The van der Waals surface area contributed by atoms with Gasteiger partial charge in [0.15, 0.2) is 6.29 Å². The number of nitrogens with one attached hydrogen (secondary N) is 1. The number of nitrogens with two attached hydrogens (primary N) is 1.